The first-order chi connectivity index (χ1) is 6.96. The lowest BCUT2D eigenvalue weighted by molar-refractivity contribution is -0.106. The second-order valence-corrected chi connectivity index (χ2v) is 5.07. The Balaban J connectivity index is 0.000000583. The SMILES string of the molecule is C=C(C)C(C)(C)C1CCCCC1.CC=O. The Bertz CT molecular complexity index is 197. The van der Waals surface area contributed by atoms with Crippen molar-refractivity contribution in [2.24, 2.45) is 11.3 Å². The average molecular weight is 210 g/mol. The summed E-state index contributed by atoms with van der Waals surface area (Å²) < 4.78 is 0. The second kappa shape index (κ2) is 6.81. The minimum Gasteiger partial charge on any atom is -0.304 e. The first-order valence-electron chi connectivity index (χ1n) is 6.02. The summed E-state index contributed by atoms with van der Waals surface area (Å²) in [5.74, 6) is 0.892. The van der Waals surface area contributed by atoms with Gasteiger partial charge in [0.1, 0.15) is 6.29 Å². The number of carbonyl (C=O) groups is 1. The van der Waals surface area contributed by atoms with E-state index < -0.39 is 0 Å². The van der Waals surface area contributed by atoms with Gasteiger partial charge in [-0.3, -0.25) is 0 Å². The molecule has 1 heteroatoms. The third kappa shape index (κ3) is 4.63. The number of allylic oxidation sites excluding steroid dienone is 1. The molecule has 0 spiro atoms. The molecule has 0 aromatic heterocycles. The minimum atomic E-state index is 0.375. The minimum absolute atomic E-state index is 0.375. The van der Waals surface area contributed by atoms with Gasteiger partial charge < -0.3 is 4.79 Å². The molecule has 0 aromatic carbocycles. The molecule has 1 rings (SSSR count). The Morgan fingerprint density at radius 1 is 1.27 bits per heavy atom. The summed E-state index contributed by atoms with van der Waals surface area (Å²) >= 11 is 0. The number of hydrogen-bond donors (Lipinski definition) is 0. The molecule has 0 N–H and O–H groups in total. The highest BCUT2D eigenvalue weighted by atomic mass is 16.1. The van der Waals surface area contributed by atoms with E-state index in [9.17, 15) is 0 Å². The van der Waals surface area contributed by atoms with Gasteiger partial charge in [-0.05, 0) is 38.0 Å². The summed E-state index contributed by atoms with van der Waals surface area (Å²) in [6.07, 6.45) is 7.89. The largest absolute Gasteiger partial charge is 0.304 e. The lowest BCUT2D eigenvalue weighted by atomic mass is 9.68. The van der Waals surface area contributed by atoms with E-state index in [1.165, 1.54) is 44.6 Å². The van der Waals surface area contributed by atoms with Gasteiger partial charge in [0.2, 0.25) is 0 Å². The van der Waals surface area contributed by atoms with Crippen molar-refractivity contribution >= 4 is 6.29 Å². The first-order valence-corrected chi connectivity index (χ1v) is 6.02. The summed E-state index contributed by atoms with van der Waals surface area (Å²) in [6.45, 7) is 12.4. The van der Waals surface area contributed by atoms with E-state index in [2.05, 4.69) is 27.4 Å². The van der Waals surface area contributed by atoms with Gasteiger partial charge in [-0.1, -0.05) is 45.3 Å². The zero-order valence-electron chi connectivity index (χ0n) is 10.8. The Labute approximate surface area is 95.0 Å². The van der Waals surface area contributed by atoms with Crippen LogP contribution in [0.5, 0.6) is 0 Å². The molecule has 0 radical (unpaired) electrons. The van der Waals surface area contributed by atoms with Gasteiger partial charge in [0.05, 0.1) is 0 Å². The molecule has 0 bridgehead atoms. The van der Waals surface area contributed by atoms with Crippen molar-refractivity contribution in [2.75, 3.05) is 0 Å². The predicted octanol–water partition coefficient (Wildman–Crippen LogP) is 4.37. The molecule has 0 aliphatic heterocycles. The number of rotatable bonds is 2. The van der Waals surface area contributed by atoms with Crippen molar-refractivity contribution in [3.8, 4) is 0 Å². The smallest absolute Gasteiger partial charge is 0.116 e. The van der Waals surface area contributed by atoms with E-state index in [1.54, 1.807) is 0 Å². The van der Waals surface area contributed by atoms with Gasteiger partial charge in [0.15, 0.2) is 0 Å². The highest BCUT2D eigenvalue weighted by molar-refractivity contribution is 5.44. The topological polar surface area (TPSA) is 17.1 Å². The molecule has 0 amide bonds. The quantitative estimate of drug-likeness (QED) is 0.488. The third-order valence-corrected chi connectivity index (χ3v) is 3.73. The van der Waals surface area contributed by atoms with E-state index in [1.807, 2.05) is 0 Å². The zero-order chi connectivity index (χ0) is 11.9. The summed E-state index contributed by atoms with van der Waals surface area (Å²) in [7, 11) is 0. The van der Waals surface area contributed by atoms with Crippen LogP contribution in [0.3, 0.4) is 0 Å². The fourth-order valence-corrected chi connectivity index (χ4v) is 2.17. The molecule has 0 heterocycles. The van der Waals surface area contributed by atoms with Crippen molar-refractivity contribution in [1.82, 2.24) is 0 Å². The Hall–Kier alpha value is -0.590. The molecule has 1 saturated carbocycles. The predicted molar refractivity (Wildman–Crippen MR) is 66.9 cm³/mol. The zero-order valence-corrected chi connectivity index (χ0v) is 10.8. The highest BCUT2D eigenvalue weighted by Crippen LogP contribution is 2.42. The van der Waals surface area contributed by atoms with Crippen LogP contribution in [-0.4, -0.2) is 6.29 Å². The van der Waals surface area contributed by atoms with Crippen molar-refractivity contribution in [2.45, 2.75) is 59.8 Å². The van der Waals surface area contributed by atoms with Crippen LogP contribution in [0.4, 0.5) is 0 Å². The fraction of sp³-hybridized carbons (Fsp3) is 0.786. The van der Waals surface area contributed by atoms with E-state index in [-0.39, 0.29) is 0 Å². The average Bonchev–Trinajstić information content (AvgIpc) is 2.20. The Morgan fingerprint density at radius 2 is 1.67 bits per heavy atom. The number of hydrogen-bond acceptors (Lipinski definition) is 1. The molecule has 15 heavy (non-hydrogen) atoms. The number of aldehydes is 1. The molecule has 1 nitrogen and oxygen atoms in total. The molecular weight excluding hydrogens is 184 g/mol. The molecule has 1 aliphatic rings. The van der Waals surface area contributed by atoms with Gasteiger partial charge in [-0.25, -0.2) is 0 Å². The van der Waals surface area contributed by atoms with Crippen LogP contribution in [0.2, 0.25) is 0 Å². The fourth-order valence-electron chi connectivity index (χ4n) is 2.17. The van der Waals surface area contributed by atoms with E-state index in [0.29, 0.717) is 5.41 Å². The maximum atomic E-state index is 8.81. The first kappa shape index (κ1) is 14.4. The van der Waals surface area contributed by atoms with Crippen LogP contribution in [-0.2, 0) is 4.79 Å². The van der Waals surface area contributed by atoms with Crippen LogP contribution in [0.25, 0.3) is 0 Å². The molecule has 0 unspecified atom stereocenters. The van der Waals surface area contributed by atoms with Gasteiger partial charge >= 0.3 is 0 Å². The van der Waals surface area contributed by atoms with Crippen LogP contribution in [0.15, 0.2) is 12.2 Å². The number of carbonyl (C=O) groups excluding carboxylic acids is 1. The normalized spacial score (nSPS) is 17.6. The summed E-state index contributed by atoms with van der Waals surface area (Å²) in [4.78, 5) is 8.81. The maximum Gasteiger partial charge on any atom is 0.116 e. The summed E-state index contributed by atoms with van der Waals surface area (Å²) in [6, 6.07) is 0. The van der Waals surface area contributed by atoms with Gasteiger partial charge in [0, 0.05) is 0 Å². The van der Waals surface area contributed by atoms with Gasteiger partial charge in [-0.15, -0.1) is 0 Å². The van der Waals surface area contributed by atoms with Crippen LogP contribution in [0.1, 0.15) is 59.8 Å². The molecule has 0 aromatic rings. The third-order valence-electron chi connectivity index (χ3n) is 3.73. The van der Waals surface area contributed by atoms with Crippen molar-refractivity contribution in [3.63, 3.8) is 0 Å². The van der Waals surface area contributed by atoms with Gasteiger partial charge in [0.25, 0.3) is 0 Å². The monoisotopic (exact) mass is 210 g/mol. The van der Waals surface area contributed by atoms with Crippen LogP contribution >= 0.6 is 0 Å². The van der Waals surface area contributed by atoms with Crippen molar-refractivity contribution in [3.05, 3.63) is 12.2 Å². The van der Waals surface area contributed by atoms with Crippen LogP contribution in [0, 0.1) is 11.3 Å². The summed E-state index contributed by atoms with van der Waals surface area (Å²) in [5.41, 5.74) is 1.73. The molecule has 0 atom stereocenters. The molecule has 1 fully saturated rings. The lowest BCUT2D eigenvalue weighted by Crippen LogP contribution is -2.26. The van der Waals surface area contributed by atoms with E-state index in [0.717, 1.165) is 12.2 Å². The van der Waals surface area contributed by atoms with Crippen molar-refractivity contribution < 1.29 is 4.79 Å². The summed E-state index contributed by atoms with van der Waals surface area (Å²) in [5, 5.41) is 0. The van der Waals surface area contributed by atoms with E-state index >= 15 is 0 Å². The standard InChI is InChI=1S/C12H22.C2H4O/c1-10(2)12(3,4)11-8-6-5-7-9-11;1-2-3/h11H,1,5-9H2,2-4H3;2H,1H3. The molecular formula is C14H26O. The molecule has 1 aliphatic carbocycles. The van der Waals surface area contributed by atoms with E-state index in [4.69, 9.17) is 4.79 Å². The van der Waals surface area contributed by atoms with Crippen LogP contribution < -0.4 is 0 Å². The maximum absolute atomic E-state index is 8.81. The molecule has 0 saturated heterocycles. The Morgan fingerprint density at radius 3 is 2.00 bits per heavy atom. The second-order valence-electron chi connectivity index (χ2n) is 5.07. The van der Waals surface area contributed by atoms with Crippen molar-refractivity contribution in [1.29, 1.82) is 0 Å². The lowest BCUT2D eigenvalue weighted by Gasteiger charge is -2.37. The Kier molecular flexibility index (Phi) is 6.55. The van der Waals surface area contributed by atoms with Gasteiger partial charge in [-0.2, -0.15) is 0 Å². The highest BCUT2D eigenvalue weighted by Gasteiger charge is 2.30. The molecule has 88 valence electrons.